The quantitative estimate of drug-likeness (QED) is 0.492. The van der Waals surface area contributed by atoms with Crippen molar-refractivity contribution in [1.82, 2.24) is 0 Å². The van der Waals surface area contributed by atoms with E-state index in [9.17, 15) is 4.55 Å². The number of hydrogen-bond acceptors (Lipinski definition) is 2. The predicted octanol–water partition coefficient (Wildman–Crippen LogP) is 1.71. The van der Waals surface area contributed by atoms with Gasteiger partial charge in [-0.15, -0.1) is 0 Å². The van der Waals surface area contributed by atoms with E-state index >= 15 is 0 Å². The van der Waals surface area contributed by atoms with Crippen LogP contribution in [0.3, 0.4) is 0 Å². The Balaban J connectivity index is 0. The molecule has 0 aliphatic carbocycles. The van der Waals surface area contributed by atoms with Crippen molar-refractivity contribution in [3.05, 3.63) is 0 Å². The number of rotatable bonds is 2. The van der Waals surface area contributed by atoms with E-state index in [1.807, 2.05) is 0 Å². The standard InChI is InChI=1S/C4H10S.C2H6OS/c1-2-3-4-5;1-4(2)3/h5H,2-4H2,1H3;1-2H3. The van der Waals surface area contributed by atoms with E-state index in [0.29, 0.717) is 0 Å². The molecule has 9 heavy (non-hydrogen) atoms. The highest BCUT2D eigenvalue weighted by atomic mass is 32.2. The Labute approximate surface area is 66.8 Å². The molecule has 0 unspecified atom stereocenters. The van der Waals surface area contributed by atoms with E-state index in [4.69, 9.17) is 0 Å². The molecular weight excluding hydrogens is 152 g/mol. The maximum Gasteiger partial charge on any atom is 0.0946 e. The molecule has 1 nitrogen and oxygen atoms in total. The van der Waals surface area contributed by atoms with Crippen LogP contribution in [0.25, 0.3) is 0 Å². The molecule has 3 heteroatoms. The lowest BCUT2D eigenvalue weighted by molar-refractivity contribution is 0.606. The molecule has 0 amide bonds. The Hall–Kier alpha value is 0.660. The van der Waals surface area contributed by atoms with Gasteiger partial charge in [0.05, 0.1) is 12.5 Å². The molecule has 0 atom stereocenters. The van der Waals surface area contributed by atoms with Crippen molar-refractivity contribution in [2.75, 3.05) is 18.3 Å². The average Bonchev–Trinajstić information content (AvgIpc) is 1.66. The van der Waals surface area contributed by atoms with Crippen LogP contribution in [0.2, 0.25) is 0 Å². The molecule has 0 bridgehead atoms. The van der Waals surface area contributed by atoms with Crippen molar-refractivity contribution in [2.24, 2.45) is 0 Å². The van der Waals surface area contributed by atoms with Crippen molar-refractivity contribution in [2.45, 2.75) is 19.8 Å². The minimum Gasteiger partial charge on any atom is -0.617 e. The number of unbranched alkanes of at least 4 members (excludes halogenated alkanes) is 1. The second kappa shape index (κ2) is 11.5. The topological polar surface area (TPSA) is 23.1 Å². The summed E-state index contributed by atoms with van der Waals surface area (Å²) in [6.07, 6.45) is 5.80. The smallest absolute Gasteiger partial charge is 0.0946 e. The molecule has 0 saturated carbocycles. The van der Waals surface area contributed by atoms with Crippen LogP contribution in [0.5, 0.6) is 0 Å². The van der Waals surface area contributed by atoms with Gasteiger partial charge in [0.25, 0.3) is 0 Å². The van der Waals surface area contributed by atoms with Crippen molar-refractivity contribution in [1.29, 1.82) is 0 Å². The predicted molar refractivity (Wildman–Crippen MR) is 48.8 cm³/mol. The highest BCUT2D eigenvalue weighted by Crippen LogP contribution is 1.85. The summed E-state index contributed by atoms with van der Waals surface area (Å²) in [4.78, 5) is 0. The minimum atomic E-state index is -0.611. The van der Waals surface area contributed by atoms with Crippen molar-refractivity contribution >= 4 is 23.8 Å². The Morgan fingerprint density at radius 2 is 1.78 bits per heavy atom. The van der Waals surface area contributed by atoms with Gasteiger partial charge >= 0.3 is 0 Å². The van der Waals surface area contributed by atoms with Crippen LogP contribution in [-0.2, 0) is 11.2 Å². The summed E-state index contributed by atoms with van der Waals surface area (Å²) in [7, 11) is 0. The van der Waals surface area contributed by atoms with Crippen molar-refractivity contribution in [3.8, 4) is 0 Å². The van der Waals surface area contributed by atoms with Crippen LogP contribution in [0.15, 0.2) is 0 Å². The van der Waals surface area contributed by atoms with Crippen LogP contribution in [0.1, 0.15) is 19.8 Å². The van der Waals surface area contributed by atoms with Gasteiger partial charge in [0.15, 0.2) is 0 Å². The molecule has 0 aromatic carbocycles. The second-order valence-electron chi connectivity index (χ2n) is 1.82. The zero-order chi connectivity index (χ0) is 7.70. The molecule has 0 aliphatic heterocycles. The zero-order valence-electron chi connectivity index (χ0n) is 6.39. The lowest BCUT2D eigenvalue weighted by Gasteiger charge is -1.87. The van der Waals surface area contributed by atoms with E-state index in [-0.39, 0.29) is 0 Å². The lowest BCUT2D eigenvalue weighted by atomic mass is 10.4. The molecule has 0 aromatic rings. The van der Waals surface area contributed by atoms with Gasteiger partial charge in [0, 0.05) is 0 Å². The molecule has 0 radical (unpaired) electrons. The molecule has 0 spiro atoms. The van der Waals surface area contributed by atoms with Gasteiger partial charge in [-0.1, -0.05) is 24.5 Å². The molecular formula is C6H16OS2. The fraction of sp³-hybridized carbons (Fsp3) is 1.00. The summed E-state index contributed by atoms with van der Waals surface area (Å²) < 4.78 is 9.56. The molecule has 0 rings (SSSR count). The third-order valence-corrected chi connectivity index (χ3v) is 0.828. The van der Waals surface area contributed by atoms with Gasteiger partial charge in [-0.05, 0) is 12.2 Å². The number of thiol groups is 1. The third kappa shape index (κ3) is 54.3. The lowest BCUT2D eigenvalue weighted by Crippen LogP contribution is -1.86. The molecule has 0 N–H and O–H groups in total. The molecule has 0 saturated heterocycles. The molecule has 0 aromatic heterocycles. The Bertz CT molecular complexity index is 35.3. The summed E-state index contributed by atoms with van der Waals surface area (Å²) in [6, 6.07) is 0. The SMILES string of the molecule is CCCCS.C[S+](C)[O-]. The largest absolute Gasteiger partial charge is 0.617 e. The molecule has 0 fully saturated rings. The second-order valence-corrected chi connectivity index (χ2v) is 3.75. The Kier molecular flexibility index (Phi) is 15.7. The number of hydrogen-bond donors (Lipinski definition) is 1. The third-order valence-electron chi connectivity index (χ3n) is 0.512. The monoisotopic (exact) mass is 168 g/mol. The highest BCUT2D eigenvalue weighted by molar-refractivity contribution is 7.89. The minimum absolute atomic E-state index is 0.611. The first-order valence-electron chi connectivity index (χ1n) is 3.01. The average molecular weight is 168 g/mol. The maximum absolute atomic E-state index is 9.56. The van der Waals surface area contributed by atoms with Gasteiger partial charge in [-0.25, -0.2) is 0 Å². The maximum atomic E-state index is 9.56. The van der Waals surface area contributed by atoms with Gasteiger partial charge < -0.3 is 4.55 Å². The van der Waals surface area contributed by atoms with Crippen LogP contribution < -0.4 is 0 Å². The van der Waals surface area contributed by atoms with Crippen molar-refractivity contribution in [3.63, 3.8) is 0 Å². The van der Waals surface area contributed by atoms with E-state index in [0.717, 1.165) is 5.75 Å². The van der Waals surface area contributed by atoms with Gasteiger partial charge in [-0.3, -0.25) is 0 Å². The normalized spacial score (nSPS) is 8.67. The van der Waals surface area contributed by atoms with Crippen LogP contribution in [0.4, 0.5) is 0 Å². The molecule has 0 heterocycles. The first-order chi connectivity index (χ1) is 4.15. The fourth-order valence-corrected chi connectivity index (χ4v) is 0.474. The van der Waals surface area contributed by atoms with E-state index in [2.05, 4.69) is 19.6 Å². The van der Waals surface area contributed by atoms with Crippen LogP contribution in [-0.4, -0.2) is 22.8 Å². The van der Waals surface area contributed by atoms with Gasteiger partial charge in [0.1, 0.15) is 0 Å². The summed E-state index contributed by atoms with van der Waals surface area (Å²) in [5.74, 6) is 1.04. The van der Waals surface area contributed by atoms with Crippen molar-refractivity contribution < 1.29 is 4.55 Å². The summed E-state index contributed by atoms with van der Waals surface area (Å²) in [6.45, 7) is 2.16. The molecule has 58 valence electrons. The van der Waals surface area contributed by atoms with E-state index < -0.39 is 11.2 Å². The van der Waals surface area contributed by atoms with E-state index in [1.165, 1.54) is 12.8 Å². The van der Waals surface area contributed by atoms with Gasteiger partial charge in [0.2, 0.25) is 0 Å². The first-order valence-corrected chi connectivity index (χ1v) is 5.61. The van der Waals surface area contributed by atoms with E-state index in [1.54, 1.807) is 12.5 Å². The summed E-state index contributed by atoms with van der Waals surface area (Å²) in [5, 5.41) is 0. The Morgan fingerprint density at radius 1 is 1.44 bits per heavy atom. The fourth-order valence-electron chi connectivity index (χ4n) is 0.158. The first kappa shape index (κ1) is 12.3. The molecule has 0 aliphatic rings. The van der Waals surface area contributed by atoms with Crippen LogP contribution >= 0.6 is 12.6 Å². The highest BCUT2D eigenvalue weighted by Gasteiger charge is 1.68. The Morgan fingerprint density at radius 3 is 1.78 bits per heavy atom. The van der Waals surface area contributed by atoms with Crippen LogP contribution in [0, 0.1) is 0 Å². The zero-order valence-corrected chi connectivity index (χ0v) is 8.10. The summed E-state index contributed by atoms with van der Waals surface area (Å²) >= 11 is 3.39. The summed E-state index contributed by atoms with van der Waals surface area (Å²) in [5.41, 5.74) is 0. The van der Waals surface area contributed by atoms with Gasteiger partial charge in [-0.2, -0.15) is 12.6 Å².